The summed E-state index contributed by atoms with van der Waals surface area (Å²) in [5.74, 6) is 0. The van der Waals surface area contributed by atoms with Crippen molar-refractivity contribution in [3.8, 4) is 0 Å². The molecule has 0 N–H and O–H groups in total. The maximum atomic E-state index is 5.71. The molecule has 4 atom stereocenters. The van der Waals surface area contributed by atoms with E-state index < -0.39 is 16.1 Å². The molecule has 2 saturated heterocycles. The average Bonchev–Trinajstić information content (AvgIpc) is 3.30. The van der Waals surface area contributed by atoms with Crippen LogP contribution in [0.25, 0.3) is 0 Å². The standard InChI is InChI=1S/C18H30O2Si2/c1-13-15(19-13)11-21(3,4)17-9-7-8-10-18(17)22(5,6)12-16-14(2)20-16/h7-10,13-16H,11-12H2,1-6H3. The molecule has 2 heterocycles. The van der Waals surface area contributed by atoms with Gasteiger partial charge in [0.2, 0.25) is 0 Å². The van der Waals surface area contributed by atoms with Crippen molar-refractivity contribution >= 4 is 26.5 Å². The minimum atomic E-state index is -1.45. The Balaban J connectivity index is 1.85. The maximum Gasteiger partial charge on any atom is 0.0831 e. The minimum Gasteiger partial charge on any atom is -0.370 e. The van der Waals surface area contributed by atoms with Crippen LogP contribution in [0.1, 0.15) is 13.8 Å². The molecule has 0 aromatic heterocycles. The van der Waals surface area contributed by atoms with Crippen LogP contribution < -0.4 is 10.4 Å². The summed E-state index contributed by atoms with van der Waals surface area (Å²) in [6.07, 6.45) is 1.97. The van der Waals surface area contributed by atoms with Crippen LogP contribution in [0.5, 0.6) is 0 Å². The smallest absolute Gasteiger partial charge is 0.0831 e. The molecule has 0 bridgehead atoms. The van der Waals surface area contributed by atoms with Crippen molar-refractivity contribution < 1.29 is 9.47 Å². The zero-order valence-electron chi connectivity index (χ0n) is 14.8. The highest BCUT2D eigenvalue weighted by atomic mass is 28.3. The first-order valence-corrected chi connectivity index (χ1v) is 15.0. The number of ether oxygens (including phenoxy) is 2. The monoisotopic (exact) mass is 334 g/mol. The van der Waals surface area contributed by atoms with E-state index in [1.54, 1.807) is 10.4 Å². The van der Waals surface area contributed by atoms with Gasteiger partial charge in [0.15, 0.2) is 0 Å². The first-order chi connectivity index (χ1) is 10.2. The van der Waals surface area contributed by atoms with Gasteiger partial charge in [0.1, 0.15) is 0 Å². The molecular formula is C18H30O2Si2. The van der Waals surface area contributed by atoms with Crippen LogP contribution >= 0.6 is 0 Å². The van der Waals surface area contributed by atoms with Gasteiger partial charge in [0.05, 0.1) is 40.6 Å². The van der Waals surface area contributed by atoms with Gasteiger partial charge in [-0.15, -0.1) is 0 Å². The SMILES string of the molecule is CC1OC1C[Si](C)(C)c1ccccc1[Si](C)(C)CC1OC1C. The van der Waals surface area contributed by atoms with Crippen LogP contribution in [0.3, 0.4) is 0 Å². The van der Waals surface area contributed by atoms with Crippen LogP contribution in [-0.2, 0) is 9.47 Å². The van der Waals surface area contributed by atoms with Gasteiger partial charge in [-0.25, -0.2) is 0 Å². The minimum absolute atomic E-state index is 0.477. The normalized spacial score (nSPS) is 31.2. The molecule has 0 amide bonds. The Bertz CT molecular complexity index is 507. The second kappa shape index (κ2) is 5.58. The van der Waals surface area contributed by atoms with Crippen LogP contribution in [0.15, 0.2) is 24.3 Å². The highest BCUT2D eigenvalue weighted by Gasteiger charge is 2.44. The Morgan fingerprint density at radius 2 is 1.09 bits per heavy atom. The molecule has 3 rings (SSSR count). The third-order valence-electron chi connectivity index (χ3n) is 5.48. The molecule has 0 aliphatic carbocycles. The molecule has 4 unspecified atom stereocenters. The Morgan fingerprint density at radius 1 is 0.773 bits per heavy atom. The molecule has 122 valence electrons. The van der Waals surface area contributed by atoms with Crippen LogP contribution in [0.2, 0.25) is 38.3 Å². The predicted octanol–water partition coefficient (Wildman–Crippen LogP) is 3.09. The Kier molecular flexibility index (Phi) is 4.17. The lowest BCUT2D eigenvalue weighted by Gasteiger charge is -2.32. The molecule has 2 aliphatic heterocycles. The van der Waals surface area contributed by atoms with Crippen LogP contribution in [0, 0.1) is 0 Å². The fourth-order valence-corrected chi connectivity index (χ4v) is 11.8. The van der Waals surface area contributed by atoms with Crippen LogP contribution in [-0.4, -0.2) is 40.6 Å². The molecule has 0 spiro atoms. The topological polar surface area (TPSA) is 25.1 Å². The molecule has 1 aromatic carbocycles. The van der Waals surface area contributed by atoms with Gasteiger partial charge >= 0.3 is 0 Å². The summed E-state index contributed by atoms with van der Waals surface area (Å²) in [6.45, 7) is 14.5. The van der Waals surface area contributed by atoms with Gasteiger partial charge in [-0.05, 0) is 25.9 Å². The van der Waals surface area contributed by atoms with Gasteiger partial charge in [-0.2, -0.15) is 0 Å². The van der Waals surface area contributed by atoms with E-state index in [1.807, 2.05) is 0 Å². The summed E-state index contributed by atoms with van der Waals surface area (Å²) in [6, 6.07) is 11.8. The van der Waals surface area contributed by atoms with E-state index in [0.29, 0.717) is 24.4 Å². The summed E-state index contributed by atoms with van der Waals surface area (Å²) in [4.78, 5) is 0. The Labute approximate surface area is 137 Å². The largest absolute Gasteiger partial charge is 0.370 e. The lowest BCUT2D eigenvalue weighted by atomic mass is 10.4. The molecule has 0 radical (unpaired) electrons. The molecule has 4 heteroatoms. The van der Waals surface area contributed by atoms with Gasteiger partial charge in [0.25, 0.3) is 0 Å². The Hall–Kier alpha value is -0.426. The van der Waals surface area contributed by atoms with Crippen molar-refractivity contribution in [3.63, 3.8) is 0 Å². The lowest BCUT2D eigenvalue weighted by molar-refractivity contribution is 0.387. The second-order valence-electron chi connectivity index (χ2n) is 8.48. The second-order valence-corrected chi connectivity index (χ2v) is 17.9. The number of hydrogen-bond donors (Lipinski definition) is 0. The van der Waals surface area contributed by atoms with E-state index in [4.69, 9.17) is 9.47 Å². The number of benzene rings is 1. The first kappa shape index (κ1) is 16.4. The third-order valence-corrected chi connectivity index (χ3v) is 12.4. The first-order valence-electron chi connectivity index (χ1n) is 8.62. The molecule has 1 aromatic rings. The molecule has 2 aliphatic rings. The quantitative estimate of drug-likeness (QED) is 0.590. The van der Waals surface area contributed by atoms with E-state index in [0.717, 1.165) is 0 Å². The molecular weight excluding hydrogens is 304 g/mol. The summed E-state index contributed by atoms with van der Waals surface area (Å²) in [5, 5.41) is 3.34. The van der Waals surface area contributed by atoms with Crippen molar-refractivity contribution in [3.05, 3.63) is 24.3 Å². The third kappa shape index (κ3) is 3.40. The van der Waals surface area contributed by atoms with E-state index in [2.05, 4.69) is 64.3 Å². The predicted molar refractivity (Wildman–Crippen MR) is 99.0 cm³/mol. The van der Waals surface area contributed by atoms with E-state index >= 15 is 0 Å². The van der Waals surface area contributed by atoms with Crippen LogP contribution in [0.4, 0.5) is 0 Å². The molecule has 0 saturated carbocycles. The summed E-state index contributed by atoms with van der Waals surface area (Å²) in [5.41, 5.74) is 0. The molecule has 2 fully saturated rings. The van der Waals surface area contributed by atoms with Crippen molar-refractivity contribution in [1.82, 2.24) is 0 Å². The Morgan fingerprint density at radius 3 is 1.36 bits per heavy atom. The van der Waals surface area contributed by atoms with Gasteiger partial charge in [0, 0.05) is 0 Å². The summed E-state index contributed by atoms with van der Waals surface area (Å²) < 4.78 is 11.4. The fourth-order valence-electron chi connectivity index (χ4n) is 3.78. The summed E-state index contributed by atoms with van der Waals surface area (Å²) in [7, 11) is -2.91. The lowest BCUT2D eigenvalue weighted by Crippen LogP contribution is -2.59. The maximum absolute atomic E-state index is 5.71. The summed E-state index contributed by atoms with van der Waals surface area (Å²) >= 11 is 0. The number of epoxide rings is 2. The fraction of sp³-hybridized carbons (Fsp3) is 0.667. The zero-order chi connectivity index (χ0) is 16.1. The van der Waals surface area contributed by atoms with Crippen molar-refractivity contribution in [1.29, 1.82) is 0 Å². The van der Waals surface area contributed by atoms with E-state index in [-0.39, 0.29) is 0 Å². The van der Waals surface area contributed by atoms with E-state index in [1.165, 1.54) is 12.1 Å². The average molecular weight is 335 g/mol. The van der Waals surface area contributed by atoms with E-state index in [9.17, 15) is 0 Å². The number of hydrogen-bond acceptors (Lipinski definition) is 2. The molecule has 22 heavy (non-hydrogen) atoms. The van der Waals surface area contributed by atoms with Crippen molar-refractivity contribution in [2.75, 3.05) is 0 Å². The zero-order valence-corrected chi connectivity index (χ0v) is 16.8. The highest BCUT2D eigenvalue weighted by Crippen LogP contribution is 2.32. The highest BCUT2D eigenvalue weighted by molar-refractivity contribution is 6.99. The molecule has 2 nitrogen and oxygen atoms in total. The number of rotatable bonds is 6. The van der Waals surface area contributed by atoms with Gasteiger partial charge < -0.3 is 9.47 Å². The van der Waals surface area contributed by atoms with Crippen molar-refractivity contribution in [2.24, 2.45) is 0 Å². The van der Waals surface area contributed by atoms with Gasteiger partial charge in [-0.3, -0.25) is 0 Å². The van der Waals surface area contributed by atoms with Crippen molar-refractivity contribution in [2.45, 2.75) is 76.5 Å². The van der Waals surface area contributed by atoms with Gasteiger partial charge in [-0.1, -0.05) is 60.8 Å².